The van der Waals surface area contributed by atoms with Crippen molar-refractivity contribution >= 4 is 6.98 Å². The average molecular weight is 229 g/mol. The molecule has 5 heteroatoms. The van der Waals surface area contributed by atoms with Gasteiger partial charge in [0.25, 0.3) is 0 Å². The molecule has 1 atom stereocenters. The lowest BCUT2D eigenvalue weighted by molar-refractivity contribution is 0.0559. The minimum absolute atomic E-state index is 0.381. The zero-order valence-electron chi connectivity index (χ0n) is 8.83. The summed E-state index contributed by atoms with van der Waals surface area (Å²) in [5.74, 6) is 0. The fraction of sp³-hybridized carbons (Fsp3) is 0.455. The lowest BCUT2D eigenvalue weighted by Crippen LogP contribution is -2.26. The summed E-state index contributed by atoms with van der Waals surface area (Å²) in [6.45, 7) is -5.95. The highest BCUT2D eigenvalue weighted by Crippen LogP contribution is 2.32. The number of hydrogen-bond donors (Lipinski definition) is 0. The van der Waals surface area contributed by atoms with Crippen molar-refractivity contribution in [1.29, 1.82) is 0 Å². The SMILES string of the molecule is F[B-](F)(F)COC1CCCc2ccccc21. The first kappa shape index (κ1) is 11.5. The quantitative estimate of drug-likeness (QED) is 0.721. The van der Waals surface area contributed by atoms with Gasteiger partial charge in [-0.2, -0.15) is 0 Å². The Morgan fingerprint density at radius 1 is 1.25 bits per heavy atom. The molecule has 0 radical (unpaired) electrons. The monoisotopic (exact) mass is 229 g/mol. The molecule has 0 bridgehead atoms. The number of rotatable bonds is 3. The number of halogens is 3. The molecular weight excluding hydrogens is 216 g/mol. The standard InChI is InChI=1S/C11H13BF3O/c13-12(14,15)8-16-11-7-3-5-9-4-1-2-6-10(9)11/h1-2,4,6,11H,3,5,7-8H2/q-1. The first-order valence-electron chi connectivity index (χ1n) is 5.47. The van der Waals surface area contributed by atoms with Crippen LogP contribution in [0.4, 0.5) is 12.9 Å². The molecule has 16 heavy (non-hydrogen) atoms. The van der Waals surface area contributed by atoms with E-state index in [2.05, 4.69) is 0 Å². The Morgan fingerprint density at radius 3 is 2.75 bits per heavy atom. The van der Waals surface area contributed by atoms with E-state index in [-0.39, 0.29) is 6.10 Å². The molecular formula is C11H13BF3O-. The molecule has 1 aliphatic rings. The van der Waals surface area contributed by atoms with E-state index >= 15 is 0 Å². The van der Waals surface area contributed by atoms with Gasteiger partial charge in [0, 0.05) is 6.51 Å². The van der Waals surface area contributed by atoms with Crippen molar-refractivity contribution in [3.8, 4) is 0 Å². The fourth-order valence-corrected chi connectivity index (χ4v) is 2.11. The molecule has 0 N–H and O–H groups in total. The molecule has 88 valence electrons. The van der Waals surface area contributed by atoms with Crippen molar-refractivity contribution in [2.75, 3.05) is 6.51 Å². The Kier molecular flexibility index (Phi) is 3.24. The van der Waals surface area contributed by atoms with Gasteiger partial charge >= 0.3 is 6.98 Å². The molecule has 2 rings (SSSR count). The summed E-state index contributed by atoms with van der Waals surface area (Å²) in [6, 6.07) is 7.58. The lowest BCUT2D eigenvalue weighted by atomic mass is 9.88. The second-order valence-corrected chi connectivity index (χ2v) is 4.12. The normalized spacial score (nSPS) is 20.6. The maximum Gasteiger partial charge on any atom is 0.503 e. The van der Waals surface area contributed by atoms with Crippen molar-refractivity contribution in [2.45, 2.75) is 25.4 Å². The van der Waals surface area contributed by atoms with E-state index < -0.39 is 13.5 Å². The van der Waals surface area contributed by atoms with Crippen molar-refractivity contribution in [1.82, 2.24) is 0 Å². The number of ether oxygens (including phenoxy) is 1. The van der Waals surface area contributed by atoms with Crippen molar-refractivity contribution in [3.05, 3.63) is 35.4 Å². The summed E-state index contributed by atoms with van der Waals surface area (Å²) in [6.07, 6.45) is 2.14. The van der Waals surface area contributed by atoms with Crippen LogP contribution in [0, 0.1) is 0 Å². The van der Waals surface area contributed by atoms with Crippen LogP contribution in [0.5, 0.6) is 0 Å². The Morgan fingerprint density at radius 2 is 2.00 bits per heavy atom. The Bertz CT molecular complexity index is 364. The molecule has 1 unspecified atom stereocenters. The Labute approximate surface area is 92.7 Å². The van der Waals surface area contributed by atoms with Gasteiger partial charge in [0.05, 0.1) is 6.10 Å². The highest BCUT2D eigenvalue weighted by Gasteiger charge is 2.27. The second-order valence-electron chi connectivity index (χ2n) is 4.12. The first-order valence-corrected chi connectivity index (χ1v) is 5.47. The van der Waals surface area contributed by atoms with Crippen LogP contribution in [0.15, 0.2) is 24.3 Å². The number of hydrogen-bond acceptors (Lipinski definition) is 1. The molecule has 0 aromatic heterocycles. The van der Waals surface area contributed by atoms with E-state index in [1.54, 1.807) is 0 Å². The van der Waals surface area contributed by atoms with Crippen LogP contribution in [0.1, 0.15) is 30.1 Å². The summed E-state index contributed by atoms with van der Waals surface area (Å²) >= 11 is 0. The van der Waals surface area contributed by atoms with Crippen LogP contribution >= 0.6 is 0 Å². The summed E-state index contributed by atoms with van der Waals surface area (Å²) in [7, 11) is 0. The van der Waals surface area contributed by atoms with Crippen LogP contribution in [-0.2, 0) is 11.2 Å². The highest BCUT2D eigenvalue weighted by molar-refractivity contribution is 6.58. The van der Waals surface area contributed by atoms with E-state index in [1.165, 1.54) is 0 Å². The van der Waals surface area contributed by atoms with Gasteiger partial charge < -0.3 is 17.7 Å². The number of aryl methyl sites for hydroxylation is 1. The predicted molar refractivity (Wildman–Crippen MR) is 57.2 cm³/mol. The van der Waals surface area contributed by atoms with E-state index in [1.807, 2.05) is 24.3 Å². The molecule has 0 fully saturated rings. The zero-order chi connectivity index (χ0) is 11.6. The molecule has 0 saturated carbocycles. The third-order valence-corrected chi connectivity index (χ3v) is 2.80. The van der Waals surface area contributed by atoms with Gasteiger partial charge in [0.2, 0.25) is 0 Å². The van der Waals surface area contributed by atoms with Gasteiger partial charge in [-0.25, -0.2) is 0 Å². The van der Waals surface area contributed by atoms with Gasteiger partial charge in [-0.3, -0.25) is 0 Å². The van der Waals surface area contributed by atoms with Gasteiger partial charge in [0.1, 0.15) is 0 Å². The number of benzene rings is 1. The first-order chi connectivity index (χ1) is 7.56. The van der Waals surface area contributed by atoms with Crippen molar-refractivity contribution < 1.29 is 17.7 Å². The Balaban J connectivity index is 2.07. The van der Waals surface area contributed by atoms with Gasteiger partial charge in [-0.15, -0.1) is 0 Å². The topological polar surface area (TPSA) is 9.23 Å². The van der Waals surface area contributed by atoms with Crippen molar-refractivity contribution in [2.24, 2.45) is 0 Å². The average Bonchev–Trinajstić information content (AvgIpc) is 2.25. The summed E-state index contributed by atoms with van der Waals surface area (Å²) in [5.41, 5.74) is 2.04. The second kappa shape index (κ2) is 4.49. The predicted octanol–water partition coefficient (Wildman–Crippen LogP) is 3.47. The maximum absolute atomic E-state index is 12.1. The molecule has 0 aliphatic heterocycles. The maximum atomic E-state index is 12.1. The molecule has 1 aromatic rings. The van der Waals surface area contributed by atoms with Gasteiger partial charge in [-0.1, -0.05) is 24.3 Å². The fourth-order valence-electron chi connectivity index (χ4n) is 2.11. The molecule has 0 heterocycles. The van der Waals surface area contributed by atoms with Crippen LogP contribution in [0.25, 0.3) is 0 Å². The van der Waals surface area contributed by atoms with Crippen molar-refractivity contribution in [3.63, 3.8) is 0 Å². The molecule has 0 amide bonds. The smallest absolute Gasteiger partial charge is 0.447 e. The number of fused-ring (bicyclic) bond motifs is 1. The van der Waals surface area contributed by atoms with Crippen LogP contribution in [-0.4, -0.2) is 13.5 Å². The van der Waals surface area contributed by atoms with Gasteiger partial charge in [-0.05, 0) is 30.4 Å². The summed E-state index contributed by atoms with van der Waals surface area (Å²) in [4.78, 5) is 0. The largest absolute Gasteiger partial charge is 0.503 e. The highest BCUT2D eigenvalue weighted by atomic mass is 19.4. The Hall–Kier alpha value is -0.965. The van der Waals surface area contributed by atoms with Crippen LogP contribution in [0.3, 0.4) is 0 Å². The summed E-state index contributed by atoms with van der Waals surface area (Å²) < 4.78 is 41.3. The third kappa shape index (κ3) is 2.79. The lowest BCUT2D eigenvalue weighted by Gasteiger charge is -2.27. The molecule has 0 saturated heterocycles. The summed E-state index contributed by atoms with van der Waals surface area (Å²) in [5, 5.41) is 0. The third-order valence-electron chi connectivity index (χ3n) is 2.80. The van der Waals surface area contributed by atoms with Gasteiger partial charge in [0.15, 0.2) is 0 Å². The van der Waals surface area contributed by atoms with E-state index in [0.29, 0.717) is 6.42 Å². The molecule has 1 aromatic carbocycles. The zero-order valence-corrected chi connectivity index (χ0v) is 8.83. The molecule has 0 spiro atoms. The minimum Gasteiger partial charge on any atom is -0.447 e. The van der Waals surface area contributed by atoms with E-state index in [4.69, 9.17) is 4.74 Å². The van der Waals surface area contributed by atoms with E-state index in [0.717, 1.165) is 24.0 Å². The van der Waals surface area contributed by atoms with Crippen LogP contribution < -0.4 is 0 Å². The van der Waals surface area contributed by atoms with Crippen LogP contribution in [0.2, 0.25) is 0 Å². The molecule has 1 nitrogen and oxygen atoms in total. The molecule has 1 aliphatic carbocycles. The minimum atomic E-state index is -4.85. The van der Waals surface area contributed by atoms with E-state index in [9.17, 15) is 12.9 Å².